The number of nitro groups is 1. The molecule has 11 nitrogen and oxygen atoms in total. The van der Waals surface area contributed by atoms with E-state index in [1.807, 2.05) is 6.92 Å². The minimum absolute atomic E-state index is 0.111. The molecule has 2 heterocycles. The summed E-state index contributed by atoms with van der Waals surface area (Å²) in [7, 11) is -4.58. The van der Waals surface area contributed by atoms with Crippen LogP contribution in [0.25, 0.3) is 6.08 Å². The number of aliphatic imine (C=N–C) groups is 1. The molecule has 2 aromatic rings. The Labute approximate surface area is 192 Å². The van der Waals surface area contributed by atoms with Gasteiger partial charge >= 0.3 is 10.1 Å². The van der Waals surface area contributed by atoms with E-state index in [2.05, 4.69) is 10.1 Å². The van der Waals surface area contributed by atoms with Crippen LogP contribution in [0.3, 0.4) is 0 Å². The van der Waals surface area contributed by atoms with E-state index in [9.17, 15) is 23.3 Å². The zero-order chi connectivity index (χ0) is 23.8. The van der Waals surface area contributed by atoms with Gasteiger partial charge in [0.25, 0.3) is 11.6 Å². The molecule has 13 heteroatoms. The number of amides is 1. The van der Waals surface area contributed by atoms with Crippen LogP contribution in [-0.4, -0.2) is 40.3 Å². The highest BCUT2D eigenvalue weighted by Crippen LogP contribution is 2.32. The molecule has 0 spiro atoms. The van der Waals surface area contributed by atoms with Crippen LogP contribution in [0, 0.1) is 15.5 Å². The summed E-state index contributed by atoms with van der Waals surface area (Å²) >= 11 is 1.20. The largest absolute Gasteiger partial charge is 0.378 e. The standard InChI is InChI=1S/C20H15N5O6S2/c1-2-17-23-24-18(21)13(19(26)22-20(24)32-17)11-12-7-3-5-9-15(12)31-33(29,30)16-10-6-4-8-14(16)25(27)28/h3-11,21H,2H2,1H3/b13-11-,21-18?. The highest BCUT2D eigenvalue weighted by molar-refractivity contribution is 8.26. The number of nitro benzene ring substituents is 1. The summed E-state index contributed by atoms with van der Waals surface area (Å²) in [5, 5.41) is 26.1. The van der Waals surface area contributed by atoms with Crippen molar-refractivity contribution in [3.63, 3.8) is 0 Å². The summed E-state index contributed by atoms with van der Waals surface area (Å²) in [6.45, 7) is 1.89. The number of hydrogen-bond acceptors (Lipinski definition) is 9. The van der Waals surface area contributed by atoms with Gasteiger partial charge in [0.05, 0.1) is 10.5 Å². The molecule has 168 valence electrons. The van der Waals surface area contributed by atoms with E-state index in [1.54, 1.807) is 6.07 Å². The molecule has 0 fully saturated rings. The fraction of sp³-hybridized carbons (Fsp3) is 0.100. The second kappa shape index (κ2) is 8.60. The molecule has 2 aliphatic heterocycles. The van der Waals surface area contributed by atoms with Gasteiger partial charge in [0.15, 0.2) is 10.7 Å². The average Bonchev–Trinajstić information content (AvgIpc) is 3.20. The molecule has 0 aliphatic carbocycles. The van der Waals surface area contributed by atoms with Gasteiger partial charge in [-0.15, -0.1) is 0 Å². The van der Waals surface area contributed by atoms with Crippen LogP contribution in [0.4, 0.5) is 5.69 Å². The molecule has 0 saturated carbocycles. The molecule has 0 saturated heterocycles. The van der Waals surface area contributed by atoms with E-state index in [4.69, 9.17) is 9.59 Å². The van der Waals surface area contributed by atoms with E-state index in [0.29, 0.717) is 11.5 Å². The number of hydrogen-bond donors (Lipinski definition) is 1. The quantitative estimate of drug-likeness (QED) is 0.282. The molecular formula is C20H15N5O6S2. The van der Waals surface area contributed by atoms with Crippen molar-refractivity contribution in [2.75, 3.05) is 0 Å². The maximum atomic E-state index is 12.8. The molecule has 0 bridgehead atoms. The van der Waals surface area contributed by atoms with Crippen molar-refractivity contribution in [2.45, 2.75) is 18.2 Å². The molecule has 0 radical (unpaired) electrons. The maximum absolute atomic E-state index is 12.8. The Balaban J connectivity index is 1.72. The predicted octanol–water partition coefficient (Wildman–Crippen LogP) is 3.39. The second-order valence-electron chi connectivity index (χ2n) is 6.67. The molecule has 0 aromatic heterocycles. The van der Waals surface area contributed by atoms with E-state index in [-0.39, 0.29) is 27.9 Å². The van der Waals surface area contributed by atoms with Crippen LogP contribution in [0.5, 0.6) is 5.75 Å². The summed E-state index contributed by atoms with van der Waals surface area (Å²) in [6.07, 6.45) is 1.89. The number of hydrazone groups is 1. The molecule has 1 amide bonds. The number of carbonyl (C=O) groups is 1. The third-order valence-corrected chi connectivity index (χ3v) is 6.88. The van der Waals surface area contributed by atoms with Gasteiger partial charge in [-0.2, -0.15) is 23.5 Å². The minimum Gasteiger partial charge on any atom is -0.378 e. The normalized spacial score (nSPS) is 17.0. The van der Waals surface area contributed by atoms with E-state index >= 15 is 0 Å². The van der Waals surface area contributed by atoms with Gasteiger partial charge < -0.3 is 4.18 Å². The maximum Gasteiger partial charge on any atom is 0.346 e. The first-order chi connectivity index (χ1) is 15.7. The number of nitrogens with one attached hydrogen (secondary N) is 1. The highest BCUT2D eigenvalue weighted by atomic mass is 32.2. The van der Waals surface area contributed by atoms with E-state index in [0.717, 1.165) is 12.1 Å². The van der Waals surface area contributed by atoms with Crippen LogP contribution >= 0.6 is 11.8 Å². The summed E-state index contributed by atoms with van der Waals surface area (Å²) < 4.78 is 30.8. The van der Waals surface area contributed by atoms with Crippen molar-refractivity contribution in [3.05, 3.63) is 69.8 Å². The Bertz CT molecular complexity index is 1400. The number of fused-ring (bicyclic) bond motifs is 1. The van der Waals surface area contributed by atoms with Crippen molar-refractivity contribution in [2.24, 2.45) is 10.1 Å². The number of amidine groups is 2. The Kier molecular flexibility index (Phi) is 5.82. The molecule has 2 aromatic carbocycles. The number of thioether (sulfide) groups is 1. The molecule has 0 unspecified atom stereocenters. The Morgan fingerprint density at radius 1 is 1.21 bits per heavy atom. The summed E-state index contributed by atoms with van der Waals surface area (Å²) in [6, 6.07) is 10.7. The van der Waals surface area contributed by atoms with Crippen LogP contribution < -0.4 is 4.18 Å². The van der Waals surface area contributed by atoms with Crippen molar-refractivity contribution in [1.82, 2.24) is 5.01 Å². The Morgan fingerprint density at radius 2 is 1.91 bits per heavy atom. The number of benzene rings is 2. The molecule has 4 rings (SSSR count). The fourth-order valence-electron chi connectivity index (χ4n) is 2.99. The first kappa shape index (κ1) is 22.4. The second-order valence-corrected chi connectivity index (χ2v) is 9.22. The first-order valence-corrected chi connectivity index (χ1v) is 11.7. The van der Waals surface area contributed by atoms with Crippen molar-refractivity contribution in [3.8, 4) is 5.75 Å². The molecule has 0 atom stereocenters. The lowest BCUT2D eigenvalue weighted by Gasteiger charge is -2.20. The predicted molar refractivity (Wildman–Crippen MR) is 123 cm³/mol. The third-order valence-electron chi connectivity index (χ3n) is 4.55. The van der Waals surface area contributed by atoms with E-state index < -0.39 is 31.5 Å². The van der Waals surface area contributed by atoms with Gasteiger partial charge in [0, 0.05) is 11.6 Å². The lowest BCUT2D eigenvalue weighted by atomic mass is 10.1. The Morgan fingerprint density at radius 3 is 2.64 bits per heavy atom. The summed E-state index contributed by atoms with van der Waals surface area (Å²) in [5.41, 5.74) is -0.576. The van der Waals surface area contributed by atoms with Gasteiger partial charge in [-0.1, -0.05) is 37.3 Å². The number of nitrogens with zero attached hydrogens (tertiary/aromatic N) is 4. The van der Waals surface area contributed by atoms with Crippen LogP contribution in [0.15, 0.2) is 69.1 Å². The molecular weight excluding hydrogens is 470 g/mol. The highest BCUT2D eigenvalue weighted by Gasteiger charge is 2.35. The van der Waals surface area contributed by atoms with Crippen molar-refractivity contribution < 1.29 is 22.3 Å². The van der Waals surface area contributed by atoms with Crippen LogP contribution in [0.1, 0.15) is 18.9 Å². The molecule has 2 aliphatic rings. The van der Waals surface area contributed by atoms with Crippen molar-refractivity contribution >= 4 is 55.6 Å². The summed E-state index contributed by atoms with van der Waals surface area (Å²) in [5.74, 6) is -1.06. The van der Waals surface area contributed by atoms with Gasteiger partial charge in [-0.05, 0) is 36.4 Å². The van der Waals surface area contributed by atoms with Gasteiger partial charge in [-0.3, -0.25) is 20.3 Å². The lowest BCUT2D eigenvalue weighted by molar-refractivity contribution is -0.387. The lowest BCUT2D eigenvalue weighted by Crippen LogP contribution is -2.35. The molecule has 33 heavy (non-hydrogen) atoms. The zero-order valence-electron chi connectivity index (χ0n) is 17.0. The van der Waals surface area contributed by atoms with Gasteiger partial charge in [0.2, 0.25) is 5.17 Å². The minimum atomic E-state index is -4.58. The Hall–Kier alpha value is -3.84. The fourth-order valence-corrected chi connectivity index (χ4v) is 4.93. The molecule has 1 N–H and O–H groups in total. The zero-order valence-corrected chi connectivity index (χ0v) is 18.6. The topological polar surface area (TPSA) is 155 Å². The number of carbonyl (C=O) groups excluding carboxylic acids is 1. The first-order valence-electron chi connectivity index (χ1n) is 9.47. The van der Waals surface area contributed by atoms with Crippen LogP contribution in [0.2, 0.25) is 0 Å². The monoisotopic (exact) mass is 485 g/mol. The van der Waals surface area contributed by atoms with Gasteiger partial charge in [-0.25, -0.2) is 0 Å². The summed E-state index contributed by atoms with van der Waals surface area (Å²) in [4.78, 5) is 26.3. The van der Waals surface area contributed by atoms with E-state index in [1.165, 1.54) is 53.2 Å². The van der Waals surface area contributed by atoms with Crippen LogP contribution in [-0.2, 0) is 14.9 Å². The smallest absolute Gasteiger partial charge is 0.346 e. The SMILES string of the molecule is CCC1=NN2C(=N)/C(=C/c3ccccc3OS(=O)(=O)c3ccccc3[N+](=O)[O-])C(=O)N=C2S1. The number of para-hydroxylation sites is 2. The third kappa shape index (κ3) is 4.27. The van der Waals surface area contributed by atoms with Gasteiger partial charge in [0.1, 0.15) is 10.8 Å². The van der Waals surface area contributed by atoms with Crippen molar-refractivity contribution in [1.29, 1.82) is 5.41 Å². The number of rotatable bonds is 6. The average molecular weight is 486 g/mol.